The van der Waals surface area contributed by atoms with Gasteiger partial charge in [0.1, 0.15) is 5.75 Å². The predicted octanol–water partition coefficient (Wildman–Crippen LogP) is 4.75. The number of amides is 1. The average Bonchev–Trinajstić information content (AvgIpc) is 3.18. The summed E-state index contributed by atoms with van der Waals surface area (Å²) in [6, 6.07) is 13.0. The molecule has 1 unspecified atom stereocenters. The molecular weight excluding hydrogens is 398 g/mol. The lowest BCUT2D eigenvalue weighted by Gasteiger charge is -2.31. The number of anilines is 2. The number of ether oxygens (including phenoxy) is 1. The summed E-state index contributed by atoms with van der Waals surface area (Å²) in [5, 5.41) is 3.92. The monoisotopic (exact) mass is 423 g/mol. The van der Waals surface area contributed by atoms with Crippen LogP contribution in [0.5, 0.6) is 5.75 Å². The minimum absolute atomic E-state index is 0.0138. The van der Waals surface area contributed by atoms with Crippen LogP contribution in [0, 0.1) is 5.92 Å². The lowest BCUT2D eigenvalue weighted by Crippen LogP contribution is -2.40. The third kappa shape index (κ3) is 4.46. The Morgan fingerprint density at radius 2 is 2.13 bits per heavy atom. The maximum Gasteiger partial charge on any atom is 0.229 e. The van der Waals surface area contributed by atoms with Crippen LogP contribution < -0.4 is 15.0 Å². The number of hydrogen-bond acceptors (Lipinski definition) is 6. The van der Waals surface area contributed by atoms with Crippen molar-refractivity contribution in [3.8, 4) is 5.75 Å². The van der Waals surface area contributed by atoms with E-state index in [0.29, 0.717) is 24.4 Å². The fourth-order valence-electron chi connectivity index (χ4n) is 3.71. The van der Waals surface area contributed by atoms with Gasteiger partial charge in [-0.2, -0.15) is 0 Å². The maximum absolute atomic E-state index is 12.9. The molecule has 156 valence electrons. The van der Waals surface area contributed by atoms with Crippen LogP contribution in [-0.2, 0) is 4.79 Å². The summed E-state index contributed by atoms with van der Waals surface area (Å²) in [6.45, 7) is 5.65. The molecule has 0 bridgehead atoms. The van der Waals surface area contributed by atoms with Gasteiger partial charge in [0, 0.05) is 24.3 Å². The zero-order chi connectivity index (χ0) is 21.1. The Morgan fingerprint density at radius 1 is 1.27 bits per heavy atom. The van der Waals surface area contributed by atoms with Crippen molar-refractivity contribution in [1.82, 2.24) is 4.98 Å². The van der Waals surface area contributed by atoms with Crippen LogP contribution in [0.2, 0.25) is 0 Å². The maximum atomic E-state index is 12.9. The highest BCUT2D eigenvalue weighted by atomic mass is 32.1. The Labute approximate surface area is 179 Å². The highest BCUT2D eigenvalue weighted by Gasteiger charge is 2.27. The number of hydrogen-bond donors (Lipinski definition) is 1. The Hall–Kier alpha value is -2.93. The second-order valence-electron chi connectivity index (χ2n) is 7.47. The third-order valence-electron chi connectivity index (χ3n) is 5.26. The molecule has 1 aromatic heterocycles. The minimum Gasteiger partial charge on any atom is -0.494 e. The molecule has 3 aromatic rings. The fourth-order valence-corrected chi connectivity index (χ4v) is 4.74. The van der Waals surface area contributed by atoms with E-state index < -0.39 is 0 Å². The number of ketones is 1. The van der Waals surface area contributed by atoms with Gasteiger partial charge in [-0.3, -0.25) is 9.59 Å². The molecule has 1 fully saturated rings. The fraction of sp³-hybridized carbons (Fsp3) is 0.348. The molecule has 2 aromatic carbocycles. The molecule has 1 aliphatic rings. The summed E-state index contributed by atoms with van der Waals surface area (Å²) in [5.41, 5.74) is 2.21. The quantitative estimate of drug-likeness (QED) is 0.579. The molecule has 1 N–H and O–H groups in total. The van der Waals surface area contributed by atoms with E-state index >= 15 is 0 Å². The van der Waals surface area contributed by atoms with Crippen molar-refractivity contribution >= 4 is 44.1 Å². The first-order chi connectivity index (χ1) is 14.5. The largest absolute Gasteiger partial charge is 0.494 e. The second kappa shape index (κ2) is 8.83. The van der Waals surface area contributed by atoms with Crippen LogP contribution in [0.3, 0.4) is 0 Å². The summed E-state index contributed by atoms with van der Waals surface area (Å²) in [7, 11) is 0. The lowest BCUT2D eigenvalue weighted by molar-refractivity contribution is -0.120. The number of fused-ring (bicyclic) bond motifs is 1. The number of aromatic nitrogens is 1. The molecule has 2 heterocycles. The molecule has 7 heteroatoms. The Kier molecular flexibility index (Phi) is 5.99. The van der Waals surface area contributed by atoms with E-state index in [-0.39, 0.29) is 17.6 Å². The molecule has 1 saturated heterocycles. The van der Waals surface area contributed by atoms with E-state index in [1.807, 2.05) is 31.2 Å². The first-order valence-electron chi connectivity index (χ1n) is 10.2. The molecule has 0 saturated carbocycles. The van der Waals surface area contributed by atoms with Crippen molar-refractivity contribution in [1.29, 1.82) is 0 Å². The van der Waals surface area contributed by atoms with E-state index in [1.165, 1.54) is 6.92 Å². The molecule has 4 rings (SSSR count). The zero-order valence-electron chi connectivity index (χ0n) is 17.2. The van der Waals surface area contributed by atoms with Crippen LogP contribution >= 0.6 is 11.3 Å². The number of thiazole rings is 1. The zero-order valence-corrected chi connectivity index (χ0v) is 18.0. The number of nitrogens with one attached hydrogen (secondary N) is 1. The number of Topliss-reactive ketones (excluding diaryl/α,β-unsaturated/α-hetero) is 1. The average molecular weight is 424 g/mol. The standard InChI is InChI=1S/C23H25N3O3S/c1-3-29-19-9-10-20-21(13-19)30-23(25-20)26-11-5-7-17(14-26)22(28)24-18-8-4-6-16(12-18)15(2)27/h4,6,8-10,12-13,17H,3,5,7,11,14H2,1-2H3,(H,24,28). The van der Waals surface area contributed by atoms with Gasteiger partial charge in [-0.05, 0) is 57.0 Å². The first-order valence-corrected chi connectivity index (χ1v) is 11.1. The van der Waals surface area contributed by atoms with E-state index in [9.17, 15) is 9.59 Å². The summed E-state index contributed by atoms with van der Waals surface area (Å²) in [4.78, 5) is 31.4. The Balaban J connectivity index is 1.46. The lowest BCUT2D eigenvalue weighted by atomic mass is 9.97. The summed E-state index contributed by atoms with van der Waals surface area (Å²) < 4.78 is 6.67. The topological polar surface area (TPSA) is 71.5 Å². The van der Waals surface area contributed by atoms with Crippen LogP contribution in [0.1, 0.15) is 37.0 Å². The molecule has 1 aliphatic heterocycles. The van der Waals surface area contributed by atoms with Crippen LogP contribution in [0.15, 0.2) is 42.5 Å². The highest BCUT2D eigenvalue weighted by molar-refractivity contribution is 7.22. The van der Waals surface area contributed by atoms with E-state index in [0.717, 1.165) is 40.5 Å². The number of carbonyl (C=O) groups excluding carboxylic acids is 2. The number of benzene rings is 2. The highest BCUT2D eigenvalue weighted by Crippen LogP contribution is 2.33. The van der Waals surface area contributed by atoms with Gasteiger partial charge in [0.2, 0.25) is 5.91 Å². The molecule has 0 aliphatic carbocycles. The number of piperidine rings is 1. The molecular formula is C23H25N3O3S. The van der Waals surface area contributed by atoms with E-state index in [2.05, 4.69) is 10.2 Å². The Morgan fingerprint density at radius 3 is 2.93 bits per heavy atom. The van der Waals surface area contributed by atoms with Crippen molar-refractivity contribution < 1.29 is 14.3 Å². The molecule has 0 radical (unpaired) electrons. The van der Waals surface area contributed by atoms with Crippen LogP contribution in [-0.4, -0.2) is 36.4 Å². The van der Waals surface area contributed by atoms with Gasteiger partial charge >= 0.3 is 0 Å². The van der Waals surface area contributed by atoms with Gasteiger partial charge in [0.15, 0.2) is 10.9 Å². The van der Waals surface area contributed by atoms with Crippen LogP contribution in [0.25, 0.3) is 10.2 Å². The summed E-state index contributed by atoms with van der Waals surface area (Å²) >= 11 is 1.63. The van der Waals surface area contributed by atoms with Crippen molar-refractivity contribution in [2.45, 2.75) is 26.7 Å². The molecule has 1 amide bonds. The normalized spacial score (nSPS) is 16.5. The van der Waals surface area contributed by atoms with Gasteiger partial charge < -0.3 is 15.0 Å². The van der Waals surface area contributed by atoms with Crippen molar-refractivity contribution in [2.75, 3.05) is 29.9 Å². The van der Waals surface area contributed by atoms with E-state index in [1.54, 1.807) is 29.5 Å². The number of nitrogens with zero attached hydrogens (tertiary/aromatic N) is 2. The minimum atomic E-state index is -0.120. The molecule has 1 atom stereocenters. The van der Waals surface area contributed by atoms with Crippen molar-refractivity contribution in [3.05, 3.63) is 48.0 Å². The van der Waals surface area contributed by atoms with Crippen molar-refractivity contribution in [2.24, 2.45) is 5.92 Å². The second-order valence-corrected chi connectivity index (χ2v) is 8.48. The summed E-state index contributed by atoms with van der Waals surface area (Å²) in [5.74, 6) is 0.702. The summed E-state index contributed by atoms with van der Waals surface area (Å²) in [6.07, 6.45) is 1.78. The number of rotatable bonds is 6. The van der Waals surface area contributed by atoms with Crippen molar-refractivity contribution in [3.63, 3.8) is 0 Å². The smallest absolute Gasteiger partial charge is 0.229 e. The third-order valence-corrected chi connectivity index (χ3v) is 6.34. The molecule has 0 spiro atoms. The van der Waals surface area contributed by atoms with Gasteiger partial charge in [-0.25, -0.2) is 4.98 Å². The van der Waals surface area contributed by atoms with Gasteiger partial charge in [0.05, 0.1) is 22.7 Å². The number of carbonyl (C=O) groups is 2. The molecule has 30 heavy (non-hydrogen) atoms. The van der Waals surface area contributed by atoms with Gasteiger partial charge in [-0.15, -0.1) is 0 Å². The SMILES string of the molecule is CCOc1ccc2nc(N3CCCC(C(=O)Nc4cccc(C(C)=O)c4)C3)sc2c1. The Bertz CT molecular complexity index is 1080. The molecule has 6 nitrogen and oxygen atoms in total. The van der Waals surface area contributed by atoms with Crippen LogP contribution in [0.4, 0.5) is 10.8 Å². The first kappa shape index (κ1) is 20.3. The van der Waals surface area contributed by atoms with E-state index in [4.69, 9.17) is 9.72 Å². The van der Waals surface area contributed by atoms with Gasteiger partial charge in [-0.1, -0.05) is 23.5 Å². The predicted molar refractivity (Wildman–Crippen MR) is 121 cm³/mol. The van der Waals surface area contributed by atoms with Gasteiger partial charge in [0.25, 0.3) is 0 Å².